The van der Waals surface area contributed by atoms with E-state index in [9.17, 15) is 13.6 Å². The summed E-state index contributed by atoms with van der Waals surface area (Å²) in [6.45, 7) is 1.16. The van der Waals surface area contributed by atoms with E-state index in [1.807, 2.05) is 18.2 Å². The molecule has 27 heavy (non-hydrogen) atoms. The smallest absolute Gasteiger partial charge is 0.284 e. The molecule has 1 N–H and O–H groups in total. The second-order valence-electron chi connectivity index (χ2n) is 6.56. The number of thioether (sulfide) groups is 1. The number of nitrogens with one attached hydrogen (secondary N) is 1. The Morgan fingerprint density at radius 1 is 1.26 bits per heavy atom. The van der Waals surface area contributed by atoms with Crippen LogP contribution in [0, 0.1) is 0 Å². The van der Waals surface area contributed by atoms with E-state index in [0.29, 0.717) is 42.0 Å². The highest BCUT2D eigenvalue weighted by Crippen LogP contribution is 2.35. The lowest BCUT2D eigenvalue weighted by molar-refractivity contribution is 0.0401. The number of alkyl halides is 2. The van der Waals surface area contributed by atoms with Crippen LogP contribution in [0.5, 0.6) is 0 Å². The number of hydrogen-bond donors (Lipinski definition) is 1. The van der Waals surface area contributed by atoms with Crippen LogP contribution in [-0.2, 0) is 10.5 Å². The maximum Gasteiger partial charge on any atom is 0.284 e. The second-order valence-corrected chi connectivity index (χ2v) is 7.54. The molecule has 2 aliphatic heterocycles. The second kappa shape index (κ2) is 7.90. The predicted molar refractivity (Wildman–Crippen MR) is 98.8 cm³/mol. The minimum Gasteiger partial charge on any atom is -0.461 e. The summed E-state index contributed by atoms with van der Waals surface area (Å²) in [6.07, 6.45) is 1.39. The van der Waals surface area contributed by atoms with Gasteiger partial charge in [0.2, 0.25) is 0 Å². The lowest BCUT2D eigenvalue weighted by Crippen LogP contribution is -2.46. The van der Waals surface area contributed by atoms with Gasteiger partial charge in [-0.3, -0.25) is 4.79 Å². The van der Waals surface area contributed by atoms with Gasteiger partial charge in [0.15, 0.2) is 6.17 Å². The fourth-order valence-electron chi connectivity index (χ4n) is 3.48. The third kappa shape index (κ3) is 3.96. The highest BCUT2D eigenvalue weighted by molar-refractivity contribution is 7.98. The Balaban J connectivity index is 1.60. The third-order valence-electron chi connectivity index (χ3n) is 4.75. The van der Waals surface area contributed by atoms with Gasteiger partial charge in [-0.25, -0.2) is 0 Å². The molecule has 0 spiro atoms. The van der Waals surface area contributed by atoms with E-state index >= 15 is 0 Å². The summed E-state index contributed by atoms with van der Waals surface area (Å²) in [6, 6.07) is 10.7. The molecule has 0 unspecified atom stereocenters. The van der Waals surface area contributed by atoms with Crippen LogP contribution in [0.1, 0.15) is 40.9 Å². The van der Waals surface area contributed by atoms with E-state index in [-0.39, 0.29) is 17.8 Å². The van der Waals surface area contributed by atoms with Gasteiger partial charge in [0.05, 0.1) is 17.4 Å². The first-order valence-electron chi connectivity index (χ1n) is 8.88. The molecule has 0 aliphatic carbocycles. The molecule has 1 aromatic heterocycles. The zero-order valence-electron chi connectivity index (χ0n) is 14.6. The summed E-state index contributed by atoms with van der Waals surface area (Å²) >= 11 is 0.512. The summed E-state index contributed by atoms with van der Waals surface area (Å²) in [7, 11) is 0. The Bertz CT molecular complexity index is 808. The minimum atomic E-state index is -2.45. The molecule has 0 radical (unpaired) electrons. The molecule has 2 aliphatic rings. The van der Waals surface area contributed by atoms with Gasteiger partial charge >= 0.3 is 0 Å². The summed E-state index contributed by atoms with van der Waals surface area (Å²) in [4.78, 5) is 14.8. The van der Waals surface area contributed by atoms with Crippen LogP contribution in [0.25, 0.3) is 0 Å². The molecule has 1 saturated heterocycles. The van der Waals surface area contributed by atoms with Crippen molar-refractivity contribution < 1.29 is 22.7 Å². The molecule has 1 fully saturated rings. The first-order chi connectivity index (χ1) is 13.1. The highest BCUT2D eigenvalue weighted by Gasteiger charge is 2.36. The number of carbonyl (C=O) groups excluding carboxylic acids is 1. The van der Waals surface area contributed by atoms with E-state index in [0.717, 1.165) is 18.5 Å². The number of para-hydroxylation sites is 1. The normalized spacial score (nSPS) is 22.2. The van der Waals surface area contributed by atoms with E-state index in [1.165, 1.54) is 0 Å². The van der Waals surface area contributed by atoms with Crippen molar-refractivity contribution in [3.05, 3.63) is 53.5 Å². The number of nitrogens with zero attached hydrogens (tertiary/aromatic N) is 1. The standard InChI is InChI=1S/C19H20F2N2O3S/c20-19(21)27-11-13-7-8-16(26-13)17-22-15-6-2-1-5-14(15)18(24)23(17)10-12-4-3-9-25-12/h1-2,5-8,12,17,19,22H,3-4,9-11H2/t12-,17-/m1/s1. The van der Waals surface area contributed by atoms with Gasteiger partial charge in [-0.05, 0) is 37.1 Å². The Morgan fingerprint density at radius 3 is 2.89 bits per heavy atom. The van der Waals surface area contributed by atoms with Crippen molar-refractivity contribution in [2.24, 2.45) is 0 Å². The van der Waals surface area contributed by atoms with E-state index in [1.54, 1.807) is 23.1 Å². The van der Waals surface area contributed by atoms with Gasteiger partial charge in [0, 0.05) is 18.8 Å². The van der Waals surface area contributed by atoms with Crippen LogP contribution in [0.15, 0.2) is 40.8 Å². The van der Waals surface area contributed by atoms with Crippen molar-refractivity contribution in [1.82, 2.24) is 4.90 Å². The quantitative estimate of drug-likeness (QED) is 0.783. The van der Waals surface area contributed by atoms with Gasteiger partial charge < -0.3 is 19.4 Å². The van der Waals surface area contributed by atoms with Gasteiger partial charge in [-0.1, -0.05) is 23.9 Å². The number of halogens is 2. The number of carbonyl (C=O) groups is 1. The van der Waals surface area contributed by atoms with Crippen LogP contribution >= 0.6 is 11.8 Å². The SMILES string of the molecule is O=C1c2ccccc2N[C@@H](c2ccc(CSC(F)F)o2)N1C[C@H]1CCCO1. The third-order valence-corrected chi connectivity index (χ3v) is 5.45. The molecule has 144 valence electrons. The molecular weight excluding hydrogens is 374 g/mol. The van der Waals surface area contributed by atoms with Gasteiger partial charge in [-0.15, -0.1) is 0 Å². The van der Waals surface area contributed by atoms with Crippen molar-refractivity contribution in [1.29, 1.82) is 0 Å². The first-order valence-corrected chi connectivity index (χ1v) is 9.93. The van der Waals surface area contributed by atoms with Crippen LogP contribution in [0.3, 0.4) is 0 Å². The molecule has 1 aromatic carbocycles. The maximum absolute atomic E-state index is 13.1. The number of hydrogen-bond acceptors (Lipinski definition) is 5. The maximum atomic E-state index is 13.1. The number of rotatable bonds is 6. The Labute approximate surface area is 160 Å². The number of anilines is 1. The highest BCUT2D eigenvalue weighted by atomic mass is 32.2. The number of amides is 1. The zero-order chi connectivity index (χ0) is 18.8. The van der Waals surface area contributed by atoms with E-state index in [2.05, 4.69) is 5.32 Å². The average Bonchev–Trinajstić information content (AvgIpc) is 3.34. The fraction of sp³-hybridized carbons (Fsp3) is 0.421. The summed E-state index contributed by atoms with van der Waals surface area (Å²) in [5.41, 5.74) is 1.34. The van der Waals surface area contributed by atoms with Crippen molar-refractivity contribution in [2.45, 2.75) is 36.6 Å². The monoisotopic (exact) mass is 394 g/mol. The van der Waals surface area contributed by atoms with E-state index < -0.39 is 11.9 Å². The summed E-state index contributed by atoms with van der Waals surface area (Å²) in [5, 5.41) is 3.35. The predicted octanol–water partition coefficient (Wildman–Crippen LogP) is 4.48. The topological polar surface area (TPSA) is 54.7 Å². The van der Waals surface area contributed by atoms with Crippen LogP contribution in [-0.4, -0.2) is 35.8 Å². The van der Waals surface area contributed by atoms with Crippen molar-refractivity contribution in [3.63, 3.8) is 0 Å². The number of furan rings is 1. The Morgan fingerprint density at radius 2 is 2.11 bits per heavy atom. The minimum absolute atomic E-state index is 0.00710. The molecule has 0 bridgehead atoms. The van der Waals surface area contributed by atoms with Crippen LogP contribution < -0.4 is 5.32 Å². The molecule has 4 rings (SSSR count). The number of ether oxygens (including phenoxy) is 1. The molecule has 1 amide bonds. The van der Waals surface area contributed by atoms with Gasteiger partial charge in [0.25, 0.3) is 11.7 Å². The fourth-order valence-corrected chi connectivity index (χ4v) is 3.92. The first kappa shape index (κ1) is 18.3. The molecule has 0 saturated carbocycles. The molecule has 8 heteroatoms. The lowest BCUT2D eigenvalue weighted by atomic mass is 10.1. The Kier molecular flexibility index (Phi) is 5.36. The summed E-state index contributed by atoms with van der Waals surface area (Å²) < 4.78 is 36.3. The summed E-state index contributed by atoms with van der Waals surface area (Å²) in [5.74, 6) is -1.47. The van der Waals surface area contributed by atoms with Gasteiger partial charge in [-0.2, -0.15) is 8.78 Å². The Hall–Kier alpha value is -2.06. The van der Waals surface area contributed by atoms with Crippen LogP contribution in [0.4, 0.5) is 14.5 Å². The van der Waals surface area contributed by atoms with Crippen molar-refractivity contribution >= 4 is 23.4 Å². The van der Waals surface area contributed by atoms with Crippen molar-refractivity contribution in [2.75, 3.05) is 18.5 Å². The largest absolute Gasteiger partial charge is 0.461 e. The molecule has 5 nitrogen and oxygen atoms in total. The molecule has 2 aromatic rings. The zero-order valence-corrected chi connectivity index (χ0v) is 15.4. The molecule has 3 heterocycles. The number of fused-ring (bicyclic) bond motifs is 1. The van der Waals surface area contributed by atoms with Gasteiger partial charge in [0.1, 0.15) is 11.5 Å². The van der Waals surface area contributed by atoms with E-state index in [4.69, 9.17) is 9.15 Å². The molecular formula is C19H20F2N2O3S. The molecule has 2 atom stereocenters. The number of benzene rings is 1. The van der Waals surface area contributed by atoms with Crippen molar-refractivity contribution in [3.8, 4) is 0 Å². The van der Waals surface area contributed by atoms with Crippen LogP contribution in [0.2, 0.25) is 0 Å². The average molecular weight is 394 g/mol. The lowest BCUT2D eigenvalue weighted by Gasteiger charge is -2.37.